The summed E-state index contributed by atoms with van der Waals surface area (Å²) in [7, 11) is 0. The van der Waals surface area contributed by atoms with Gasteiger partial charge in [0.15, 0.2) is 0 Å². The van der Waals surface area contributed by atoms with Crippen LogP contribution in [0.3, 0.4) is 0 Å². The second-order valence-electron chi connectivity index (χ2n) is 1.52. The van der Waals surface area contributed by atoms with Crippen molar-refractivity contribution in [2.45, 2.75) is 20.0 Å². The molecule has 0 spiro atoms. The number of carbonyl (C=O) groups is 1. The Morgan fingerprint density at radius 3 is 1.80 bits per heavy atom. The van der Waals surface area contributed by atoms with E-state index in [1.165, 1.54) is 6.92 Å². The molecular weight excluding hydrogens is 147 g/mol. The number of aliphatic hydroxyl groups is 2. The number of hydrogen-bond donors (Lipinski definition) is 2. The molecule has 0 amide bonds. The minimum absolute atomic E-state index is 0. The van der Waals surface area contributed by atoms with Gasteiger partial charge in [-0.2, -0.15) is 0 Å². The van der Waals surface area contributed by atoms with E-state index in [1.54, 1.807) is 0 Å². The third-order valence-corrected chi connectivity index (χ3v) is 0.264. The van der Waals surface area contributed by atoms with Crippen molar-refractivity contribution in [2.24, 2.45) is 0 Å². The summed E-state index contributed by atoms with van der Waals surface area (Å²) in [6, 6.07) is 0. The Balaban J connectivity index is -0.0000000910. The van der Waals surface area contributed by atoms with Crippen molar-refractivity contribution in [3.05, 3.63) is 0 Å². The van der Waals surface area contributed by atoms with Crippen molar-refractivity contribution in [2.75, 3.05) is 6.61 Å². The Morgan fingerprint density at radius 1 is 1.70 bits per heavy atom. The number of hydrogen-bond acceptors (Lipinski definition) is 4. The molecule has 0 aliphatic heterocycles. The number of aliphatic hydroxyl groups excluding tert-OH is 2. The van der Waals surface area contributed by atoms with Gasteiger partial charge in [0.25, 0.3) is 0 Å². The quantitative estimate of drug-likeness (QED) is 0.375. The van der Waals surface area contributed by atoms with Crippen LogP contribution in [0.4, 0.5) is 0 Å². The molecule has 0 rings (SSSR count). The average molecular weight is 158 g/mol. The normalized spacial score (nSPS) is 10.0. The smallest absolute Gasteiger partial charge is 0.550 e. The molecule has 0 heterocycles. The summed E-state index contributed by atoms with van der Waals surface area (Å²) < 4.78 is 0. The second kappa shape index (κ2) is 12.1. The molecule has 2 N–H and O–H groups in total. The predicted octanol–water partition coefficient (Wildman–Crippen LogP) is -4.88. The van der Waals surface area contributed by atoms with Crippen LogP contribution in [0.1, 0.15) is 13.8 Å². The maximum atomic E-state index is 8.89. The van der Waals surface area contributed by atoms with E-state index in [4.69, 9.17) is 20.1 Å². The Labute approximate surface area is 82.2 Å². The van der Waals surface area contributed by atoms with Crippen LogP contribution >= 0.6 is 0 Å². The van der Waals surface area contributed by atoms with Gasteiger partial charge in [0, 0.05) is 5.97 Å². The van der Waals surface area contributed by atoms with Crippen LogP contribution in [-0.2, 0) is 4.79 Å². The zero-order valence-electron chi connectivity index (χ0n) is 6.50. The van der Waals surface area contributed by atoms with Crippen LogP contribution < -0.4 is 34.7 Å². The first-order valence-corrected chi connectivity index (χ1v) is 2.47. The molecule has 4 nitrogen and oxygen atoms in total. The molecule has 0 aromatic carbocycles. The number of carboxylic acids is 1. The summed E-state index contributed by atoms with van der Waals surface area (Å²) >= 11 is 0. The van der Waals surface area contributed by atoms with E-state index in [0.717, 1.165) is 6.92 Å². The van der Waals surface area contributed by atoms with E-state index in [-0.39, 0.29) is 36.2 Å². The number of rotatable bonds is 1. The summed E-state index contributed by atoms with van der Waals surface area (Å²) in [5.74, 6) is -1.08. The van der Waals surface area contributed by atoms with Crippen molar-refractivity contribution in [3.8, 4) is 0 Å². The van der Waals surface area contributed by atoms with Gasteiger partial charge in [0.05, 0.1) is 12.7 Å². The number of aliphatic carboxylic acids is 1. The SMILES string of the molecule is CC(=O)[O-].CC(O)CO.[Na+]. The van der Waals surface area contributed by atoms with Crippen molar-refractivity contribution >= 4 is 5.97 Å². The molecule has 1 atom stereocenters. The van der Waals surface area contributed by atoms with E-state index >= 15 is 0 Å². The van der Waals surface area contributed by atoms with E-state index in [0.29, 0.717) is 0 Å². The summed E-state index contributed by atoms with van der Waals surface area (Å²) in [5, 5.41) is 24.9. The standard InChI is InChI=1S/C3H8O2.C2H4O2.Na/c1-3(5)2-4;1-2(3)4;/h3-5H,2H2,1H3;1H3,(H,3,4);/q;;+1/p-1. The maximum Gasteiger partial charge on any atom is 1.00 e. The van der Waals surface area contributed by atoms with Gasteiger partial charge in [-0.25, -0.2) is 0 Å². The Kier molecular flexibility index (Phi) is 20.3. The summed E-state index contributed by atoms with van der Waals surface area (Å²) in [6.07, 6.45) is -0.560. The summed E-state index contributed by atoms with van der Waals surface area (Å²) in [6.45, 7) is 2.36. The zero-order chi connectivity index (χ0) is 7.86. The molecule has 0 radical (unpaired) electrons. The van der Waals surface area contributed by atoms with Gasteiger partial charge < -0.3 is 20.1 Å². The Hall–Kier alpha value is 0.390. The zero-order valence-corrected chi connectivity index (χ0v) is 8.50. The number of carboxylic acid groups (broad SMARTS) is 1. The molecule has 0 fully saturated rings. The first-order chi connectivity index (χ1) is 4.00. The van der Waals surface area contributed by atoms with Crippen molar-refractivity contribution in [1.29, 1.82) is 0 Å². The topological polar surface area (TPSA) is 80.6 Å². The second-order valence-corrected chi connectivity index (χ2v) is 1.52. The molecule has 1 unspecified atom stereocenters. The van der Waals surface area contributed by atoms with E-state index in [9.17, 15) is 0 Å². The monoisotopic (exact) mass is 158 g/mol. The minimum atomic E-state index is -1.08. The van der Waals surface area contributed by atoms with Gasteiger partial charge in [-0.05, 0) is 13.8 Å². The van der Waals surface area contributed by atoms with E-state index in [2.05, 4.69) is 0 Å². The van der Waals surface area contributed by atoms with Gasteiger partial charge in [0.1, 0.15) is 0 Å². The molecule has 56 valence electrons. The molecule has 0 bridgehead atoms. The van der Waals surface area contributed by atoms with Gasteiger partial charge in [-0.15, -0.1) is 0 Å². The van der Waals surface area contributed by atoms with Crippen molar-refractivity contribution in [3.63, 3.8) is 0 Å². The Morgan fingerprint density at radius 2 is 1.80 bits per heavy atom. The van der Waals surface area contributed by atoms with Gasteiger partial charge in [-0.3, -0.25) is 0 Å². The number of carbonyl (C=O) groups excluding carboxylic acids is 1. The van der Waals surface area contributed by atoms with Crippen LogP contribution in [0.15, 0.2) is 0 Å². The first kappa shape index (κ1) is 16.8. The largest absolute Gasteiger partial charge is 1.00 e. The van der Waals surface area contributed by atoms with Gasteiger partial charge >= 0.3 is 29.6 Å². The summed E-state index contributed by atoms with van der Waals surface area (Å²) in [4.78, 5) is 8.89. The van der Waals surface area contributed by atoms with Gasteiger partial charge in [-0.1, -0.05) is 0 Å². The fourth-order valence-corrected chi connectivity index (χ4v) is 0. The summed E-state index contributed by atoms with van der Waals surface area (Å²) in [5.41, 5.74) is 0. The molecular formula is C5H11NaO4. The average Bonchev–Trinajstić information content (AvgIpc) is 1.65. The van der Waals surface area contributed by atoms with Crippen LogP contribution in [-0.4, -0.2) is 28.9 Å². The van der Waals surface area contributed by atoms with E-state index < -0.39 is 12.1 Å². The van der Waals surface area contributed by atoms with Crippen LogP contribution in [0.5, 0.6) is 0 Å². The fourth-order valence-electron chi connectivity index (χ4n) is 0. The first-order valence-electron chi connectivity index (χ1n) is 2.47. The molecule has 0 saturated carbocycles. The molecule has 0 aliphatic rings. The molecule has 5 heteroatoms. The Bertz CT molecular complexity index is 70.0. The van der Waals surface area contributed by atoms with Crippen LogP contribution in [0.25, 0.3) is 0 Å². The van der Waals surface area contributed by atoms with Gasteiger partial charge in [0.2, 0.25) is 0 Å². The molecule has 0 aliphatic carbocycles. The fraction of sp³-hybridized carbons (Fsp3) is 0.800. The maximum absolute atomic E-state index is 8.89. The molecule has 10 heavy (non-hydrogen) atoms. The molecule has 0 saturated heterocycles. The van der Waals surface area contributed by atoms with Crippen molar-refractivity contribution in [1.82, 2.24) is 0 Å². The van der Waals surface area contributed by atoms with Crippen LogP contribution in [0.2, 0.25) is 0 Å². The molecule has 0 aromatic heterocycles. The van der Waals surface area contributed by atoms with Crippen molar-refractivity contribution < 1.29 is 49.7 Å². The third kappa shape index (κ3) is 80.2. The van der Waals surface area contributed by atoms with Crippen LogP contribution in [0, 0.1) is 0 Å². The minimum Gasteiger partial charge on any atom is -0.550 e. The molecule has 0 aromatic rings. The predicted molar refractivity (Wildman–Crippen MR) is 29.4 cm³/mol. The third-order valence-electron chi connectivity index (χ3n) is 0.264. The van der Waals surface area contributed by atoms with E-state index in [1.807, 2.05) is 0 Å².